The summed E-state index contributed by atoms with van der Waals surface area (Å²) in [4.78, 5) is 7.96. The van der Waals surface area contributed by atoms with Crippen molar-refractivity contribution in [1.82, 2.24) is 9.97 Å². The van der Waals surface area contributed by atoms with Gasteiger partial charge in [-0.1, -0.05) is 23.8 Å². The number of fused-ring (bicyclic) bond motifs is 1. The van der Waals surface area contributed by atoms with Crippen molar-refractivity contribution in [2.75, 3.05) is 0 Å². The van der Waals surface area contributed by atoms with E-state index in [0.717, 1.165) is 6.07 Å². The Morgan fingerprint density at radius 1 is 0.950 bits per heavy atom. The fourth-order valence-electron chi connectivity index (χ4n) is 1.85. The largest absolute Gasteiger partial charge is 0.285 e. The number of aromatic nitrogens is 2. The van der Waals surface area contributed by atoms with Crippen LogP contribution in [-0.2, 0) is 20.1 Å². The first kappa shape index (κ1) is 14.6. The van der Waals surface area contributed by atoms with Gasteiger partial charge in [-0.2, -0.15) is 0 Å². The Hall–Kier alpha value is -1.78. The van der Waals surface area contributed by atoms with Crippen molar-refractivity contribution in [1.29, 1.82) is 0 Å². The van der Waals surface area contributed by atoms with Gasteiger partial charge in [-0.05, 0) is 11.5 Å². The predicted molar refractivity (Wildman–Crippen MR) is 63.7 cm³/mol. The van der Waals surface area contributed by atoms with Crippen LogP contribution in [0.1, 0.15) is 0 Å². The molecule has 0 N–H and O–H groups in total. The van der Waals surface area contributed by atoms with Crippen LogP contribution in [0.5, 0.6) is 0 Å². The van der Waals surface area contributed by atoms with E-state index in [2.05, 4.69) is 16.0 Å². The minimum Gasteiger partial charge on any atom is -0.285 e. The molecular formula is C14H6F3IrN2-. The minimum absolute atomic E-state index is 0. The number of rotatable bonds is 1. The first-order chi connectivity index (χ1) is 9.18. The summed E-state index contributed by atoms with van der Waals surface area (Å²) in [6, 6.07) is 10.0. The van der Waals surface area contributed by atoms with E-state index in [1.807, 2.05) is 0 Å². The van der Waals surface area contributed by atoms with Crippen LogP contribution in [0.2, 0.25) is 0 Å². The van der Waals surface area contributed by atoms with E-state index in [0.29, 0.717) is 10.9 Å². The van der Waals surface area contributed by atoms with Crippen molar-refractivity contribution in [3.63, 3.8) is 0 Å². The third kappa shape index (κ3) is 2.32. The zero-order chi connectivity index (χ0) is 13.4. The maximum atomic E-state index is 13.8. The van der Waals surface area contributed by atoms with Gasteiger partial charge in [0.2, 0.25) is 0 Å². The van der Waals surface area contributed by atoms with Crippen LogP contribution < -0.4 is 0 Å². The number of benzene rings is 2. The van der Waals surface area contributed by atoms with E-state index in [-0.39, 0.29) is 31.4 Å². The molecule has 0 unspecified atom stereocenters. The minimum atomic E-state index is -1.53. The number of hydrogen-bond acceptors (Lipinski definition) is 2. The molecular weight excluding hydrogens is 445 g/mol. The quantitative estimate of drug-likeness (QED) is 0.418. The van der Waals surface area contributed by atoms with Gasteiger partial charge in [0, 0.05) is 25.8 Å². The number of nitrogens with zero attached hydrogens (tertiary/aromatic N) is 2. The van der Waals surface area contributed by atoms with Gasteiger partial charge < -0.3 is 0 Å². The van der Waals surface area contributed by atoms with E-state index in [4.69, 9.17) is 0 Å². The topological polar surface area (TPSA) is 25.8 Å². The van der Waals surface area contributed by atoms with Crippen molar-refractivity contribution in [3.05, 3.63) is 60.2 Å². The number of halogens is 3. The summed E-state index contributed by atoms with van der Waals surface area (Å²) in [6.45, 7) is 0. The summed E-state index contributed by atoms with van der Waals surface area (Å²) in [7, 11) is 0. The van der Waals surface area contributed by atoms with Crippen molar-refractivity contribution in [3.8, 4) is 11.3 Å². The Labute approximate surface area is 126 Å². The zero-order valence-corrected chi connectivity index (χ0v) is 12.2. The molecule has 0 aliphatic rings. The van der Waals surface area contributed by atoms with Crippen LogP contribution in [0.25, 0.3) is 22.2 Å². The molecule has 103 valence electrons. The molecule has 2 nitrogen and oxygen atoms in total. The normalized spacial score (nSPS) is 10.3. The van der Waals surface area contributed by atoms with Crippen LogP contribution in [0.15, 0.2) is 36.7 Å². The van der Waals surface area contributed by atoms with E-state index < -0.39 is 17.5 Å². The molecule has 0 atom stereocenters. The van der Waals surface area contributed by atoms with Gasteiger partial charge in [0.05, 0.1) is 17.2 Å². The standard InChI is InChI=1S/C14H6F3N2.Ir/c15-10-6-5-9(12(16)13(10)17)14-8-3-1-2-4-11(8)18-7-19-14;/h1-4,6-7H;/q-1;. The summed E-state index contributed by atoms with van der Waals surface area (Å²) in [5, 5.41) is 0.547. The third-order valence-corrected chi connectivity index (χ3v) is 2.74. The molecule has 20 heavy (non-hydrogen) atoms. The molecule has 0 fully saturated rings. The van der Waals surface area contributed by atoms with Crippen LogP contribution in [0.4, 0.5) is 13.2 Å². The number of hydrogen-bond donors (Lipinski definition) is 0. The predicted octanol–water partition coefficient (Wildman–Crippen LogP) is 3.51. The maximum absolute atomic E-state index is 13.8. The van der Waals surface area contributed by atoms with Gasteiger partial charge in [0.1, 0.15) is 12.1 Å². The van der Waals surface area contributed by atoms with Gasteiger partial charge in [-0.3, -0.25) is 13.8 Å². The molecule has 0 aliphatic heterocycles. The first-order valence-electron chi connectivity index (χ1n) is 5.44. The monoisotopic (exact) mass is 452 g/mol. The molecule has 0 spiro atoms. The van der Waals surface area contributed by atoms with Crippen LogP contribution in [-0.4, -0.2) is 9.97 Å². The molecule has 3 aromatic rings. The van der Waals surface area contributed by atoms with E-state index in [1.165, 1.54) is 6.33 Å². The summed E-state index contributed by atoms with van der Waals surface area (Å²) in [6.07, 6.45) is 1.24. The van der Waals surface area contributed by atoms with Crippen molar-refractivity contribution >= 4 is 10.9 Å². The Balaban J connectivity index is 0.00000147. The van der Waals surface area contributed by atoms with E-state index >= 15 is 0 Å². The molecule has 0 amide bonds. The van der Waals surface area contributed by atoms with Crippen molar-refractivity contribution in [2.24, 2.45) is 0 Å². The smallest absolute Gasteiger partial charge is 0.111 e. The molecule has 2 aromatic carbocycles. The van der Waals surface area contributed by atoms with E-state index in [9.17, 15) is 13.2 Å². The maximum Gasteiger partial charge on any atom is 0.111 e. The molecule has 0 saturated carbocycles. The molecule has 0 saturated heterocycles. The third-order valence-electron chi connectivity index (χ3n) is 2.74. The second kappa shape index (κ2) is 5.69. The second-order valence-electron chi connectivity index (χ2n) is 3.88. The Morgan fingerprint density at radius 3 is 2.50 bits per heavy atom. The van der Waals surface area contributed by atoms with E-state index in [1.54, 1.807) is 24.3 Å². The zero-order valence-electron chi connectivity index (χ0n) is 9.83. The van der Waals surface area contributed by atoms with Crippen molar-refractivity contribution in [2.45, 2.75) is 0 Å². The summed E-state index contributed by atoms with van der Waals surface area (Å²) in [5.41, 5.74) is 0.560. The van der Waals surface area contributed by atoms with Crippen molar-refractivity contribution < 1.29 is 33.3 Å². The molecule has 0 bridgehead atoms. The summed E-state index contributed by atoms with van der Waals surface area (Å²) < 4.78 is 39.9. The molecule has 3 rings (SSSR count). The van der Waals surface area contributed by atoms with Gasteiger partial charge >= 0.3 is 0 Å². The molecule has 1 radical (unpaired) electrons. The van der Waals surface area contributed by atoms with Crippen LogP contribution in [0.3, 0.4) is 0 Å². The second-order valence-corrected chi connectivity index (χ2v) is 3.88. The summed E-state index contributed by atoms with van der Waals surface area (Å²) >= 11 is 0. The average Bonchev–Trinajstić information content (AvgIpc) is 2.45. The van der Waals surface area contributed by atoms with Gasteiger partial charge in [-0.15, -0.1) is 12.1 Å². The van der Waals surface area contributed by atoms with Gasteiger partial charge in [0.15, 0.2) is 0 Å². The molecule has 1 aromatic heterocycles. The molecule has 6 heteroatoms. The number of para-hydroxylation sites is 1. The molecule has 1 heterocycles. The Morgan fingerprint density at radius 2 is 1.70 bits per heavy atom. The Kier molecular flexibility index (Phi) is 4.16. The fourth-order valence-corrected chi connectivity index (χ4v) is 1.85. The SMILES string of the molecule is Fc1c[c-]c(-c2ncnc3ccccc23)c(F)c1F.[Ir]. The fraction of sp³-hybridized carbons (Fsp3) is 0. The van der Waals surface area contributed by atoms with Crippen LogP contribution in [0, 0.1) is 23.5 Å². The summed E-state index contributed by atoms with van der Waals surface area (Å²) in [5.74, 6) is -4.11. The first-order valence-corrected chi connectivity index (χ1v) is 5.44. The average molecular weight is 451 g/mol. The van der Waals surface area contributed by atoms with Crippen LogP contribution >= 0.6 is 0 Å². The Bertz CT molecular complexity index is 772. The van der Waals surface area contributed by atoms with Gasteiger partial charge in [-0.25, -0.2) is 9.37 Å². The molecule has 0 aliphatic carbocycles. The van der Waals surface area contributed by atoms with Gasteiger partial charge in [0.25, 0.3) is 0 Å².